The van der Waals surface area contributed by atoms with E-state index in [0.29, 0.717) is 17.4 Å². The molecule has 0 radical (unpaired) electrons. The molecule has 7 heteroatoms. The Morgan fingerprint density at radius 3 is 3.11 bits per heavy atom. The minimum absolute atomic E-state index is 0.0833. The number of hydrogen-bond donors (Lipinski definition) is 2. The van der Waals surface area contributed by atoms with E-state index in [0.717, 1.165) is 18.8 Å². The maximum atomic E-state index is 11.6. The summed E-state index contributed by atoms with van der Waals surface area (Å²) in [6.45, 7) is 4.89. The molecular weight excluding hydrogens is 246 g/mol. The SMILES string of the molecule is Cc1nc(N2CCC(C)C2CO)cc2n[nH]c(=O)n12. The number of aryl methyl sites for hydroxylation is 1. The summed E-state index contributed by atoms with van der Waals surface area (Å²) in [5.74, 6) is 1.81. The van der Waals surface area contributed by atoms with Crippen LogP contribution >= 0.6 is 0 Å². The first-order valence-corrected chi connectivity index (χ1v) is 6.44. The van der Waals surface area contributed by atoms with Crippen molar-refractivity contribution in [1.82, 2.24) is 19.6 Å². The van der Waals surface area contributed by atoms with Gasteiger partial charge in [-0.2, -0.15) is 5.10 Å². The molecule has 0 amide bonds. The lowest BCUT2D eigenvalue weighted by Crippen LogP contribution is -2.36. The monoisotopic (exact) mass is 263 g/mol. The summed E-state index contributed by atoms with van der Waals surface area (Å²) in [4.78, 5) is 18.1. The van der Waals surface area contributed by atoms with Crippen LogP contribution in [0.5, 0.6) is 0 Å². The molecule has 1 aliphatic heterocycles. The zero-order valence-corrected chi connectivity index (χ0v) is 11.0. The zero-order valence-electron chi connectivity index (χ0n) is 11.0. The van der Waals surface area contributed by atoms with Crippen LogP contribution in [0, 0.1) is 12.8 Å². The summed E-state index contributed by atoms with van der Waals surface area (Å²) in [6, 6.07) is 1.87. The molecule has 0 aliphatic carbocycles. The van der Waals surface area contributed by atoms with Gasteiger partial charge in [-0.3, -0.25) is 0 Å². The van der Waals surface area contributed by atoms with Crippen LogP contribution < -0.4 is 10.6 Å². The second-order valence-electron chi connectivity index (χ2n) is 5.09. The average Bonchev–Trinajstić information content (AvgIpc) is 2.93. The third kappa shape index (κ3) is 1.81. The molecule has 2 aromatic heterocycles. The van der Waals surface area contributed by atoms with Crippen LogP contribution in [0.4, 0.5) is 5.82 Å². The molecule has 102 valence electrons. The third-order valence-corrected chi connectivity index (χ3v) is 3.92. The lowest BCUT2D eigenvalue weighted by Gasteiger charge is -2.26. The summed E-state index contributed by atoms with van der Waals surface area (Å²) in [6.07, 6.45) is 1.03. The highest BCUT2D eigenvalue weighted by Gasteiger charge is 2.31. The number of aromatic nitrogens is 4. The zero-order chi connectivity index (χ0) is 13.6. The van der Waals surface area contributed by atoms with Gasteiger partial charge in [0.2, 0.25) is 0 Å². The molecule has 19 heavy (non-hydrogen) atoms. The van der Waals surface area contributed by atoms with E-state index in [9.17, 15) is 9.90 Å². The number of hydrogen-bond acceptors (Lipinski definition) is 5. The van der Waals surface area contributed by atoms with Gasteiger partial charge in [0.15, 0.2) is 5.65 Å². The van der Waals surface area contributed by atoms with E-state index in [1.807, 2.05) is 0 Å². The second-order valence-corrected chi connectivity index (χ2v) is 5.09. The van der Waals surface area contributed by atoms with Gasteiger partial charge in [-0.25, -0.2) is 19.3 Å². The van der Waals surface area contributed by atoms with Crippen molar-refractivity contribution in [2.24, 2.45) is 5.92 Å². The summed E-state index contributed by atoms with van der Waals surface area (Å²) in [5.41, 5.74) is 0.281. The minimum Gasteiger partial charge on any atom is -0.394 e. The molecule has 1 aliphatic rings. The van der Waals surface area contributed by atoms with Crippen LogP contribution in [0.25, 0.3) is 5.65 Å². The summed E-state index contributed by atoms with van der Waals surface area (Å²) in [5, 5.41) is 15.9. The highest BCUT2D eigenvalue weighted by atomic mass is 16.3. The molecule has 3 heterocycles. The maximum Gasteiger partial charge on any atom is 0.349 e. The number of H-pyrrole nitrogens is 1. The number of aliphatic hydroxyl groups is 1. The lowest BCUT2D eigenvalue weighted by atomic mass is 10.0. The highest BCUT2D eigenvalue weighted by Crippen LogP contribution is 2.28. The first kappa shape index (κ1) is 12.2. The van der Waals surface area contributed by atoms with E-state index in [2.05, 4.69) is 27.0 Å². The van der Waals surface area contributed by atoms with Gasteiger partial charge >= 0.3 is 5.69 Å². The highest BCUT2D eigenvalue weighted by molar-refractivity contribution is 5.52. The van der Waals surface area contributed by atoms with Crippen molar-refractivity contribution < 1.29 is 5.11 Å². The molecule has 1 fully saturated rings. The van der Waals surface area contributed by atoms with Gasteiger partial charge in [0.1, 0.15) is 11.6 Å². The molecule has 0 saturated carbocycles. The normalized spacial score (nSPS) is 23.4. The first-order chi connectivity index (χ1) is 9.11. The van der Waals surface area contributed by atoms with Gasteiger partial charge in [0, 0.05) is 12.6 Å². The Bertz CT molecular complexity index is 662. The molecule has 2 atom stereocenters. The maximum absolute atomic E-state index is 11.6. The molecule has 2 N–H and O–H groups in total. The van der Waals surface area contributed by atoms with Gasteiger partial charge in [-0.1, -0.05) is 6.92 Å². The van der Waals surface area contributed by atoms with Crippen molar-refractivity contribution in [3.8, 4) is 0 Å². The fourth-order valence-electron chi connectivity index (χ4n) is 2.80. The predicted octanol–water partition coefficient (Wildman–Crippen LogP) is -0.0669. The molecule has 2 aromatic rings. The number of aliphatic hydroxyl groups excluding tert-OH is 1. The van der Waals surface area contributed by atoms with Crippen LogP contribution in [0.1, 0.15) is 19.2 Å². The van der Waals surface area contributed by atoms with Gasteiger partial charge in [-0.15, -0.1) is 0 Å². The Kier molecular flexibility index (Phi) is 2.78. The van der Waals surface area contributed by atoms with Crippen molar-refractivity contribution in [2.45, 2.75) is 26.3 Å². The largest absolute Gasteiger partial charge is 0.394 e. The van der Waals surface area contributed by atoms with Gasteiger partial charge in [0.25, 0.3) is 0 Å². The number of fused-ring (bicyclic) bond motifs is 1. The van der Waals surface area contributed by atoms with E-state index < -0.39 is 0 Å². The van der Waals surface area contributed by atoms with E-state index in [-0.39, 0.29) is 18.3 Å². The summed E-state index contributed by atoms with van der Waals surface area (Å²) in [7, 11) is 0. The molecular formula is C12H17N5O2. The Labute approximate surface area is 109 Å². The topological polar surface area (TPSA) is 86.5 Å². The van der Waals surface area contributed by atoms with Crippen molar-refractivity contribution in [1.29, 1.82) is 0 Å². The van der Waals surface area contributed by atoms with Gasteiger partial charge < -0.3 is 10.0 Å². The summed E-state index contributed by atoms with van der Waals surface area (Å²) < 4.78 is 1.44. The van der Waals surface area contributed by atoms with Gasteiger partial charge in [-0.05, 0) is 19.3 Å². The fraction of sp³-hybridized carbons (Fsp3) is 0.583. The molecule has 7 nitrogen and oxygen atoms in total. The first-order valence-electron chi connectivity index (χ1n) is 6.44. The standard InChI is InChI=1S/C12H17N5O2/c1-7-3-4-16(9(7)6-18)10-5-11-14-15-12(19)17(11)8(2)13-10/h5,7,9,18H,3-4,6H2,1-2H3,(H,15,19). The molecule has 2 unspecified atom stereocenters. The van der Waals surface area contributed by atoms with E-state index in [1.54, 1.807) is 13.0 Å². The van der Waals surface area contributed by atoms with Gasteiger partial charge in [0.05, 0.1) is 12.6 Å². The second kappa shape index (κ2) is 4.34. The van der Waals surface area contributed by atoms with E-state index in [1.165, 1.54) is 4.40 Å². The smallest absolute Gasteiger partial charge is 0.349 e. The van der Waals surface area contributed by atoms with E-state index in [4.69, 9.17) is 0 Å². The number of aromatic amines is 1. The molecule has 3 rings (SSSR count). The van der Waals surface area contributed by atoms with Crippen LogP contribution in [-0.2, 0) is 0 Å². The molecule has 0 aromatic carbocycles. The number of anilines is 1. The van der Waals surface area contributed by atoms with Crippen LogP contribution in [0.3, 0.4) is 0 Å². The predicted molar refractivity (Wildman–Crippen MR) is 70.3 cm³/mol. The third-order valence-electron chi connectivity index (χ3n) is 3.92. The number of rotatable bonds is 2. The summed E-state index contributed by atoms with van der Waals surface area (Å²) >= 11 is 0. The number of nitrogens with zero attached hydrogens (tertiary/aromatic N) is 4. The van der Waals surface area contributed by atoms with Crippen LogP contribution in [-0.4, -0.2) is 43.9 Å². The average molecular weight is 263 g/mol. The Morgan fingerprint density at radius 1 is 1.58 bits per heavy atom. The fourth-order valence-corrected chi connectivity index (χ4v) is 2.80. The lowest BCUT2D eigenvalue weighted by molar-refractivity contribution is 0.244. The van der Waals surface area contributed by atoms with Crippen molar-refractivity contribution in [2.75, 3.05) is 18.1 Å². The minimum atomic E-state index is -0.278. The Morgan fingerprint density at radius 2 is 2.37 bits per heavy atom. The van der Waals surface area contributed by atoms with Crippen LogP contribution in [0.2, 0.25) is 0 Å². The number of nitrogens with one attached hydrogen (secondary N) is 1. The molecule has 0 spiro atoms. The molecule has 1 saturated heterocycles. The van der Waals surface area contributed by atoms with Crippen molar-refractivity contribution >= 4 is 11.5 Å². The van der Waals surface area contributed by atoms with Crippen LogP contribution in [0.15, 0.2) is 10.9 Å². The molecule has 0 bridgehead atoms. The van der Waals surface area contributed by atoms with Crippen molar-refractivity contribution in [3.63, 3.8) is 0 Å². The Balaban J connectivity index is 2.08. The van der Waals surface area contributed by atoms with Crippen molar-refractivity contribution in [3.05, 3.63) is 22.4 Å². The quantitative estimate of drug-likeness (QED) is 0.792. The Hall–Kier alpha value is -1.89. The van der Waals surface area contributed by atoms with E-state index >= 15 is 0 Å².